The van der Waals surface area contributed by atoms with Gasteiger partial charge in [-0.25, -0.2) is 0 Å². The van der Waals surface area contributed by atoms with Crippen LogP contribution in [-0.4, -0.2) is 19.6 Å². The second-order valence-corrected chi connectivity index (χ2v) is 4.55. The standard InChI is InChI=1S/C12H14N2O2/c1-14-11(15)7-2-3-8(13)10-9(7)12(4-5-12)6-16-10/h2-3H,4-6,13H2,1H3,(H,14,15). The second kappa shape index (κ2) is 2.90. The van der Waals surface area contributed by atoms with Crippen molar-refractivity contribution in [1.29, 1.82) is 0 Å². The van der Waals surface area contributed by atoms with Crippen LogP contribution in [-0.2, 0) is 5.41 Å². The zero-order valence-electron chi connectivity index (χ0n) is 9.17. The molecule has 1 aliphatic carbocycles. The lowest BCUT2D eigenvalue weighted by Gasteiger charge is -2.11. The molecule has 3 N–H and O–H groups in total. The van der Waals surface area contributed by atoms with Crippen LogP contribution in [0.3, 0.4) is 0 Å². The van der Waals surface area contributed by atoms with Crippen LogP contribution in [0.5, 0.6) is 5.75 Å². The van der Waals surface area contributed by atoms with E-state index in [0.717, 1.165) is 24.2 Å². The van der Waals surface area contributed by atoms with E-state index in [1.54, 1.807) is 19.2 Å². The first kappa shape index (κ1) is 9.51. The maximum absolute atomic E-state index is 11.8. The second-order valence-electron chi connectivity index (χ2n) is 4.55. The summed E-state index contributed by atoms with van der Waals surface area (Å²) in [6, 6.07) is 3.53. The molecule has 1 aliphatic heterocycles. The summed E-state index contributed by atoms with van der Waals surface area (Å²) in [5.74, 6) is 0.659. The number of fused-ring (bicyclic) bond motifs is 2. The number of nitrogen functional groups attached to an aromatic ring is 1. The Balaban J connectivity index is 2.21. The summed E-state index contributed by atoms with van der Waals surface area (Å²) in [5, 5.41) is 2.66. The van der Waals surface area contributed by atoms with Crippen LogP contribution in [0.4, 0.5) is 5.69 Å². The molecule has 4 nitrogen and oxygen atoms in total. The summed E-state index contributed by atoms with van der Waals surface area (Å²) < 4.78 is 5.64. The van der Waals surface area contributed by atoms with Gasteiger partial charge in [0.05, 0.1) is 12.3 Å². The SMILES string of the molecule is CNC(=O)c1ccc(N)c2c1C1(CC1)CO2. The Morgan fingerprint density at radius 2 is 2.25 bits per heavy atom. The molecule has 1 spiro atoms. The van der Waals surface area contributed by atoms with E-state index in [0.29, 0.717) is 17.9 Å². The molecule has 1 aromatic carbocycles. The van der Waals surface area contributed by atoms with E-state index in [9.17, 15) is 4.79 Å². The fourth-order valence-electron chi connectivity index (χ4n) is 2.43. The number of nitrogens with one attached hydrogen (secondary N) is 1. The first-order valence-electron chi connectivity index (χ1n) is 5.46. The van der Waals surface area contributed by atoms with Crippen molar-refractivity contribution in [3.8, 4) is 5.75 Å². The van der Waals surface area contributed by atoms with E-state index in [4.69, 9.17) is 10.5 Å². The highest BCUT2D eigenvalue weighted by atomic mass is 16.5. The third-order valence-corrected chi connectivity index (χ3v) is 3.54. The topological polar surface area (TPSA) is 64.4 Å². The van der Waals surface area contributed by atoms with Crippen LogP contribution < -0.4 is 15.8 Å². The number of benzene rings is 1. The molecule has 84 valence electrons. The van der Waals surface area contributed by atoms with Crippen molar-refractivity contribution >= 4 is 11.6 Å². The van der Waals surface area contributed by atoms with Crippen molar-refractivity contribution in [3.63, 3.8) is 0 Å². The van der Waals surface area contributed by atoms with Gasteiger partial charge in [-0.2, -0.15) is 0 Å². The molecule has 0 bridgehead atoms. The lowest BCUT2D eigenvalue weighted by Crippen LogP contribution is -2.21. The van der Waals surface area contributed by atoms with Crippen molar-refractivity contribution in [2.45, 2.75) is 18.3 Å². The summed E-state index contributed by atoms with van der Waals surface area (Å²) in [6.07, 6.45) is 2.18. The molecule has 2 aliphatic rings. The minimum absolute atomic E-state index is 0.0620. The Morgan fingerprint density at radius 3 is 2.88 bits per heavy atom. The Labute approximate surface area is 93.8 Å². The largest absolute Gasteiger partial charge is 0.490 e. The Kier molecular flexibility index (Phi) is 1.73. The van der Waals surface area contributed by atoms with Gasteiger partial charge in [0, 0.05) is 23.6 Å². The van der Waals surface area contributed by atoms with E-state index in [1.807, 2.05) is 0 Å². The Bertz CT molecular complexity index is 478. The van der Waals surface area contributed by atoms with Crippen LogP contribution in [0.15, 0.2) is 12.1 Å². The minimum atomic E-state index is -0.0620. The van der Waals surface area contributed by atoms with Gasteiger partial charge in [-0.3, -0.25) is 4.79 Å². The zero-order valence-corrected chi connectivity index (χ0v) is 9.17. The molecule has 4 heteroatoms. The molecule has 0 atom stereocenters. The lowest BCUT2D eigenvalue weighted by molar-refractivity contribution is 0.0961. The van der Waals surface area contributed by atoms with Crippen molar-refractivity contribution in [2.24, 2.45) is 0 Å². The number of nitrogens with two attached hydrogens (primary N) is 1. The number of hydrogen-bond acceptors (Lipinski definition) is 3. The highest BCUT2D eigenvalue weighted by Gasteiger charge is 2.53. The summed E-state index contributed by atoms with van der Waals surface area (Å²) in [4.78, 5) is 11.8. The third kappa shape index (κ3) is 1.07. The van der Waals surface area contributed by atoms with E-state index >= 15 is 0 Å². The number of carbonyl (C=O) groups excluding carboxylic acids is 1. The average Bonchev–Trinajstić information content (AvgIpc) is 2.96. The molecule has 0 unspecified atom stereocenters. The average molecular weight is 218 g/mol. The molecule has 1 amide bonds. The molecule has 0 saturated heterocycles. The van der Waals surface area contributed by atoms with Gasteiger partial charge in [0.25, 0.3) is 5.91 Å². The fourth-order valence-corrected chi connectivity index (χ4v) is 2.43. The zero-order chi connectivity index (χ0) is 11.3. The van der Waals surface area contributed by atoms with Crippen LogP contribution in [0.25, 0.3) is 0 Å². The predicted octanol–water partition coefficient (Wildman–Crippen LogP) is 1.05. The van der Waals surface area contributed by atoms with Crippen LogP contribution in [0.1, 0.15) is 28.8 Å². The van der Waals surface area contributed by atoms with E-state index in [-0.39, 0.29) is 11.3 Å². The summed E-state index contributed by atoms with van der Waals surface area (Å²) in [6.45, 7) is 0.667. The number of amides is 1. The van der Waals surface area contributed by atoms with Crippen LogP contribution >= 0.6 is 0 Å². The van der Waals surface area contributed by atoms with Gasteiger partial charge in [0.1, 0.15) is 5.75 Å². The van der Waals surface area contributed by atoms with Crippen LogP contribution in [0, 0.1) is 0 Å². The van der Waals surface area contributed by atoms with E-state index < -0.39 is 0 Å². The first-order chi connectivity index (χ1) is 7.68. The number of ether oxygens (including phenoxy) is 1. The van der Waals surface area contributed by atoms with E-state index in [2.05, 4.69) is 5.32 Å². The van der Waals surface area contributed by atoms with Gasteiger partial charge < -0.3 is 15.8 Å². The third-order valence-electron chi connectivity index (χ3n) is 3.54. The van der Waals surface area contributed by atoms with Crippen molar-refractivity contribution < 1.29 is 9.53 Å². The normalized spacial score (nSPS) is 19.1. The Morgan fingerprint density at radius 1 is 1.50 bits per heavy atom. The van der Waals surface area contributed by atoms with E-state index in [1.165, 1.54) is 0 Å². The number of anilines is 1. The summed E-state index contributed by atoms with van der Waals surface area (Å²) in [5.41, 5.74) is 8.31. The molecular weight excluding hydrogens is 204 g/mol. The molecule has 1 aromatic rings. The van der Waals surface area contributed by atoms with Crippen molar-refractivity contribution in [1.82, 2.24) is 5.32 Å². The summed E-state index contributed by atoms with van der Waals surface area (Å²) >= 11 is 0. The predicted molar refractivity (Wildman–Crippen MR) is 60.7 cm³/mol. The molecular formula is C12H14N2O2. The maximum Gasteiger partial charge on any atom is 0.251 e. The molecule has 1 fully saturated rings. The number of rotatable bonds is 1. The van der Waals surface area contributed by atoms with Crippen LogP contribution in [0.2, 0.25) is 0 Å². The summed E-state index contributed by atoms with van der Waals surface area (Å²) in [7, 11) is 1.64. The van der Waals surface area contributed by atoms with Gasteiger partial charge in [0.2, 0.25) is 0 Å². The lowest BCUT2D eigenvalue weighted by atomic mass is 9.92. The van der Waals surface area contributed by atoms with Gasteiger partial charge in [0.15, 0.2) is 0 Å². The molecule has 0 radical (unpaired) electrons. The highest BCUT2D eigenvalue weighted by Crippen LogP contribution is 2.57. The molecule has 3 rings (SSSR count). The quantitative estimate of drug-likeness (QED) is 0.692. The van der Waals surface area contributed by atoms with Crippen molar-refractivity contribution in [3.05, 3.63) is 23.3 Å². The molecule has 16 heavy (non-hydrogen) atoms. The highest BCUT2D eigenvalue weighted by molar-refractivity contribution is 5.98. The molecule has 0 aromatic heterocycles. The van der Waals surface area contributed by atoms with Gasteiger partial charge >= 0.3 is 0 Å². The minimum Gasteiger partial charge on any atom is -0.490 e. The molecule has 1 saturated carbocycles. The number of carbonyl (C=O) groups is 1. The maximum atomic E-state index is 11.8. The smallest absolute Gasteiger partial charge is 0.251 e. The van der Waals surface area contributed by atoms with Crippen molar-refractivity contribution in [2.75, 3.05) is 19.4 Å². The molecule has 1 heterocycles. The number of hydrogen-bond donors (Lipinski definition) is 2. The first-order valence-corrected chi connectivity index (χ1v) is 5.46. The monoisotopic (exact) mass is 218 g/mol. The van der Waals surface area contributed by atoms with Gasteiger partial charge in [-0.05, 0) is 25.0 Å². The van der Waals surface area contributed by atoms with Gasteiger partial charge in [-0.15, -0.1) is 0 Å². The fraction of sp³-hybridized carbons (Fsp3) is 0.417. The van der Waals surface area contributed by atoms with Gasteiger partial charge in [-0.1, -0.05) is 0 Å². The Hall–Kier alpha value is -1.71.